The standard InChI is InChI=1S/C22H17F9N2/c1-2-15-9-16(17-8-12(20(23,24)25)3-4-19(17)33-15)18(10-32)11-5-13(21(26,27)28)7-14(6-11)22(29,30)31/h3-8,15-16,18,33H,2,9H2,1H3/t15-,16-,18?/m1/s1. The summed E-state index contributed by atoms with van der Waals surface area (Å²) in [6.45, 7) is 1.76. The zero-order chi connectivity index (χ0) is 24.8. The van der Waals surface area contributed by atoms with Crippen LogP contribution in [0.15, 0.2) is 36.4 Å². The second kappa shape index (κ2) is 8.47. The largest absolute Gasteiger partial charge is 0.416 e. The third kappa shape index (κ3) is 5.20. The lowest BCUT2D eigenvalue weighted by Gasteiger charge is -2.36. The van der Waals surface area contributed by atoms with Crippen LogP contribution < -0.4 is 5.32 Å². The van der Waals surface area contributed by atoms with Gasteiger partial charge in [0.15, 0.2) is 0 Å². The van der Waals surface area contributed by atoms with E-state index in [-0.39, 0.29) is 29.8 Å². The third-order valence-electron chi connectivity index (χ3n) is 5.68. The normalized spacial score (nSPS) is 19.9. The van der Waals surface area contributed by atoms with Crippen molar-refractivity contribution in [3.8, 4) is 6.07 Å². The Bertz CT molecular complexity index is 1030. The average molecular weight is 480 g/mol. The first-order valence-corrected chi connectivity index (χ1v) is 9.81. The van der Waals surface area contributed by atoms with Gasteiger partial charge >= 0.3 is 18.5 Å². The minimum absolute atomic E-state index is 0.0204. The zero-order valence-electron chi connectivity index (χ0n) is 17.0. The van der Waals surface area contributed by atoms with Crippen LogP contribution in [-0.4, -0.2) is 6.04 Å². The van der Waals surface area contributed by atoms with Crippen LogP contribution in [0.2, 0.25) is 0 Å². The summed E-state index contributed by atoms with van der Waals surface area (Å²) in [5.41, 5.74) is -4.47. The van der Waals surface area contributed by atoms with Gasteiger partial charge in [-0.3, -0.25) is 0 Å². The van der Waals surface area contributed by atoms with Gasteiger partial charge in [-0.2, -0.15) is 44.8 Å². The van der Waals surface area contributed by atoms with E-state index < -0.39 is 52.6 Å². The molecule has 0 spiro atoms. The highest BCUT2D eigenvalue weighted by Crippen LogP contribution is 2.47. The third-order valence-corrected chi connectivity index (χ3v) is 5.68. The number of fused-ring (bicyclic) bond motifs is 1. The molecule has 0 bridgehead atoms. The lowest BCUT2D eigenvalue weighted by atomic mass is 9.74. The van der Waals surface area contributed by atoms with Gasteiger partial charge in [0.2, 0.25) is 0 Å². The summed E-state index contributed by atoms with van der Waals surface area (Å²) in [5, 5.41) is 12.8. The number of benzene rings is 2. The summed E-state index contributed by atoms with van der Waals surface area (Å²) in [5.74, 6) is -2.59. The molecule has 2 aromatic carbocycles. The molecule has 0 fully saturated rings. The maximum absolute atomic E-state index is 13.3. The number of nitrogens with zero attached hydrogens (tertiary/aromatic N) is 1. The van der Waals surface area contributed by atoms with Crippen molar-refractivity contribution in [2.24, 2.45) is 0 Å². The van der Waals surface area contributed by atoms with Gasteiger partial charge in [0, 0.05) is 17.6 Å². The van der Waals surface area contributed by atoms with Crippen LogP contribution in [0.25, 0.3) is 0 Å². The van der Waals surface area contributed by atoms with E-state index >= 15 is 0 Å². The number of hydrogen-bond acceptors (Lipinski definition) is 2. The first-order valence-electron chi connectivity index (χ1n) is 9.81. The zero-order valence-corrected chi connectivity index (χ0v) is 17.0. The molecule has 1 unspecified atom stereocenters. The summed E-state index contributed by atoms with van der Waals surface area (Å²) in [7, 11) is 0. The summed E-state index contributed by atoms with van der Waals surface area (Å²) in [6.07, 6.45) is -14.4. The van der Waals surface area contributed by atoms with E-state index in [0.717, 1.165) is 18.2 Å². The van der Waals surface area contributed by atoms with Crippen molar-refractivity contribution in [2.75, 3.05) is 5.32 Å². The number of nitriles is 1. The minimum Gasteiger partial charge on any atom is -0.382 e. The van der Waals surface area contributed by atoms with Crippen molar-refractivity contribution in [3.05, 3.63) is 64.2 Å². The molecule has 3 rings (SSSR count). The van der Waals surface area contributed by atoms with Crippen LogP contribution in [0.3, 0.4) is 0 Å². The summed E-state index contributed by atoms with van der Waals surface area (Å²) < 4.78 is 120. The predicted octanol–water partition coefficient (Wildman–Crippen LogP) is 7.73. The van der Waals surface area contributed by atoms with Crippen LogP contribution in [0.1, 0.15) is 59.4 Å². The van der Waals surface area contributed by atoms with E-state index in [9.17, 15) is 44.8 Å². The number of hydrogen-bond donors (Lipinski definition) is 1. The van der Waals surface area contributed by atoms with Crippen LogP contribution in [-0.2, 0) is 18.5 Å². The lowest BCUT2D eigenvalue weighted by molar-refractivity contribution is -0.143. The van der Waals surface area contributed by atoms with E-state index in [4.69, 9.17) is 0 Å². The van der Waals surface area contributed by atoms with Crippen LogP contribution in [0.4, 0.5) is 45.2 Å². The first kappa shape index (κ1) is 24.7. The Morgan fingerprint density at radius 2 is 1.42 bits per heavy atom. The number of nitrogens with one attached hydrogen (secondary N) is 1. The molecule has 0 aliphatic carbocycles. The Kier molecular flexibility index (Phi) is 6.35. The fourth-order valence-corrected chi connectivity index (χ4v) is 4.03. The second-order valence-electron chi connectivity index (χ2n) is 7.84. The fourth-order valence-electron chi connectivity index (χ4n) is 4.03. The molecule has 0 saturated carbocycles. The Balaban J connectivity index is 2.20. The van der Waals surface area contributed by atoms with E-state index in [1.807, 2.05) is 0 Å². The van der Waals surface area contributed by atoms with Crippen molar-refractivity contribution < 1.29 is 39.5 Å². The van der Waals surface area contributed by atoms with E-state index in [1.54, 1.807) is 13.0 Å². The molecule has 178 valence electrons. The van der Waals surface area contributed by atoms with Gasteiger partial charge in [0.05, 0.1) is 28.7 Å². The Hall–Kier alpha value is -2.90. The van der Waals surface area contributed by atoms with Crippen LogP contribution >= 0.6 is 0 Å². The summed E-state index contributed by atoms with van der Waals surface area (Å²) >= 11 is 0. The lowest BCUT2D eigenvalue weighted by Crippen LogP contribution is -2.30. The molecule has 1 heterocycles. The summed E-state index contributed by atoms with van der Waals surface area (Å²) in [4.78, 5) is 0. The molecular weight excluding hydrogens is 463 g/mol. The quantitative estimate of drug-likeness (QED) is 0.457. The molecule has 0 amide bonds. The molecule has 1 aliphatic heterocycles. The Morgan fingerprint density at radius 1 is 0.879 bits per heavy atom. The molecule has 1 aliphatic rings. The highest BCUT2D eigenvalue weighted by Gasteiger charge is 2.40. The average Bonchev–Trinajstić information content (AvgIpc) is 2.71. The van der Waals surface area contributed by atoms with Gasteiger partial charge in [-0.05, 0) is 60.4 Å². The molecule has 0 aromatic heterocycles. The minimum atomic E-state index is -5.11. The van der Waals surface area contributed by atoms with Crippen LogP contribution in [0.5, 0.6) is 0 Å². The number of rotatable bonds is 3. The molecule has 0 saturated heterocycles. The molecule has 3 atom stereocenters. The molecule has 2 aromatic rings. The molecule has 33 heavy (non-hydrogen) atoms. The second-order valence-corrected chi connectivity index (χ2v) is 7.84. The van der Waals surface area contributed by atoms with Crippen molar-refractivity contribution >= 4 is 5.69 Å². The smallest absolute Gasteiger partial charge is 0.382 e. The molecule has 11 heteroatoms. The number of halogens is 9. The van der Waals surface area contributed by atoms with Gasteiger partial charge in [-0.25, -0.2) is 0 Å². The Morgan fingerprint density at radius 3 is 1.88 bits per heavy atom. The van der Waals surface area contributed by atoms with Gasteiger partial charge in [-0.15, -0.1) is 0 Å². The van der Waals surface area contributed by atoms with E-state index in [2.05, 4.69) is 5.32 Å². The highest BCUT2D eigenvalue weighted by atomic mass is 19.4. The SMILES string of the molecule is CC[C@@H]1C[C@@H](C(C#N)c2cc(C(F)(F)F)cc(C(F)(F)F)c2)c2cc(C(F)(F)F)ccc2N1. The van der Waals surface area contributed by atoms with Gasteiger partial charge in [-0.1, -0.05) is 6.92 Å². The van der Waals surface area contributed by atoms with E-state index in [1.165, 1.54) is 0 Å². The fraction of sp³-hybridized carbons (Fsp3) is 0.409. The van der Waals surface area contributed by atoms with Crippen molar-refractivity contribution in [2.45, 2.75) is 56.2 Å². The van der Waals surface area contributed by atoms with Gasteiger partial charge < -0.3 is 5.32 Å². The maximum atomic E-state index is 13.3. The number of alkyl halides is 9. The first-order chi connectivity index (χ1) is 15.1. The van der Waals surface area contributed by atoms with Crippen molar-refractivity contribution in [1.82, 2.24) is 0 Å². The highest BCUT2D eigenvalue weighted by molar-refractivity contribution is 5.59. The topological polar surface area (TPSA) is 35.8 Å². The maximum Gasteiger partial charge on any atom is 0.416 e. The molecule has 0 radical (unpaired) electrons. The Labute approximate surface area is 183 Å². The number of anilines is 1. The van der Waals surface area contributed by atoms with Gasteiger partial charge in [0.25, 0.3) is 0 Å². The molecular formula is C22H17F9N2. The summed E-state index contributed by atoms with van der Waals surface area (Å²) in [6, 6.07) is 5.06. The molecule has 1 N–H and O–H groups in total. The van der Waals surface area contributed by atoms with Gasteiger partial charge in [0.1, 0.15) is 0 Å². The molecule has 2 nitrogen and oxygen atoms in total. The predicted molar refractivity (Wildman–Crippen MR) is 101 cm³/mol. The van der Waals surface area contributed by atoms with Crippen molar-refractivity contribution in [3.63, 3.8) is 0 Å². The van der Waals surface area contributed by atoms with Crippen molar-refractivity contribution in [1.29, 1.82) is 5.26 Å². The van der Waals surface area contributed by atoms with Crippen LogP contribution in [0, 0.1) is 11.3 Å². The van der Waals surface area contributed by atoms with E-state index in [0.29, 0.717) is 18.6 Å². The monoisotopic (exact) mass is 480 g/mol.